The molecule has 1 aliphatic heterocycles. The number of rotatable bonds is 11. The molecular weight excluding hydrogens is 523 g/mol. The van der Waals surface area contributed by atoms with Crippen molar-refractivity contribution >= 4 is 17.7 Å². The van der Waals surface area contributed by atoms with Gasteiger partial charge in [-0.2, -0.15) is 0 Å². The van der Waals surface area contributed by atoms with Gasteiger partial charge in [0.25, 0.3) is 0 Å². The van der Waals surface area contributed by atoms with Crippen LogP contribution in [0.1, 0.15) is 75.5 Å². The molecule has 1 spiro atoms. The molecule has 2 aromatic carbocycles. The summed E-state index contributed by atoms with van der Waals surface area (Å²) in [5.41, 5.74) is 7.69. The lowest BCUT2D eigenvalue weighted by molar-refractivity contribution is -0.140. The summed E-state index contributed by atoms with van der Waals surface area (Å²) in [5.74, 6) is -0.714. The Bertz CT molecular complexity index is 1220. The van der Waals surface area contributed by atoms with Gasteiger partial charge in [0, 0.05) is 26.1 Å². The van der Waals surface area contributed by atoms with Crippen LogP contribution in [-0.2, 0) is 31.1 Å². The predicted octanol–water partition coefficient (Wildman–Crippen LogP) is 3.53. The number of nitrogens with zero attached hydrogens (tertiary/aromatic N) is 1. The summed E-state index contributed by atoms with van der Waals surface area (Å²) in [6.45, 7) is 6.99. The number of hydrogen-bond acceptors (Lipinski definition) is 5. The molecule has 222 valence electrons. The van der Waals surface area contributed by atoms with Crippen molar-refractivity contribution in [2.24, 2.45) is 5.73 Å². The second kappa shape index (κ2) is 13.1. The van der Waals surface area contributed by atoms with Crippen LogP contribution < -0.4 is 16.4 Å². The maximum absolute atomic E-state index is 14.4. The van der Waals surface area contributed by atoms with Crippen LogP contribution in [0.25, 0.3) is 0 Å². The second-order valence-corrected chi connectivity index (χ2v) is 12.0. The van der Waals surface area contributed by atoms with Gasteiger partial charge in [-0.15, -0.1) is 0 Å². The van der Waals surface area contributed by atoms with Gasteiger partial charge in [-0.05, 0) is 86.6 Å². The molecule has 0 saturated carbocycles. The minimum absolute atomic E-state index is 0.0210. The summed E-state index contributed by atoms with van der Waals surface area (Å²) in [7, 11) is 0. The third-order valence-corrected chi connectivity index (χ3v) is 8.37. The molecule has 0 radical (unpaired) electrons. The fourth-order valence-corrected chi connectivity index (χ4v) is 6.12. The van der Waals surface area contributed by atoms with E-state index in [-0.39, 0.29) is 35.6 Å². The molecule has 1 aliphatic carbocycles. The third-order valence-electron chi connectivity index (χ3n) is 8.37. The lowest BCUT2D eigenvalue weighted by atomic mass is 9.73. The molecule has 1 heterocycles. The van der Waals surface area contributed by atoms with Gasteiger partial charge in [-0.25, -0.2) is 4.39 Å². The Morgan fingerprint density at radius 1 is 1.15 bits per heavy atom. The van der Waals surface area contributed by atoms with Crippen molar-refractivity contribution in [1.29, 1.82) is 0 Å². The first kappa shape index (κ1) is 30.7. The van der Waals surface area contributed by atoms with E-state index in [1.165, 1.54) is 6.07 Å². The molecule has 2 unspecified atom stereocenters. The zero-order valence-corrected chi connectivity index (χ0v) is 24.4. The minimum atomic E-state index is -1.15. The normalized spacial score (nSPS) is 18.6. The topological polar surface area (TPSA) is 114 Å². The maximum Gasteiger partial charge on any atom is 0.247 e. The second-order valence-electron chi connectivity index (χ2n) is 12.0. The van der Waals surface area contributed by atoms with Crippen molar-refractivity contribution in [3.63, 3.8) is 0 Å². The van der Waals surface area contributed by atoms with Gasteiger partial charge < -0.3 is 26.0 Å². The van der Waals surface area contributed by atoms with Crippen LogP contribution in [-0.4, -0.2) is 60.4 Å². The van der Waals surface area contributed by atoms with Crippen LogP contribution in [0.5, 0.6) is 0 Å². The number of amides is 3. The Morgan fingerprint density at radius 3 is 2.51 bits per heavy atom. The predicted molar refractivity (Wildman–Crippen MR) is 155 cm³/mol. The van der Waals surface area contributed by atoms with Crippen LogP contribution >= 0.6 is 0 Å². The van der Waals surface area contributed by atoms with Gasteiger partial charge in [0.2, 0.25) is 17.7 Å². The Balaban J connectivity index is 1.44. The SMILES string of the molecule is CCNC(=O)CCC1CC2(CCN(C(=O)C(COCc3ccccc3)NC(=O)C(C)(C)N)CC2)c2cc(F)ccc21. The fourth-order valence-electron chi connectivity index (χ4n) is 6.12. The monoisotopic (exact) mass is 566 g/mol. The lowest BCUT2D eigenvalue weighted by Gasteiger charge is -2.41. The number of nitrogens with one attached hydrogen (secondary N) is 2. The first-order chi connectivity index (χ1) is 19.5. The van der Waals surface area contributed by atoms with Crippen molar-refractivity contribution in [3.05, 3.63) is 71.0 Å². The Labute approximate surface area is 242 Å². The first-order valence-electron chi connectivity index (χ1n) is 14.6. The van der Waals surface area contributed by atoms with Gasteiger partial charge in [0.1, 0.15) is 11.9 Å². The van der Waals surface area contributed by atoms with Crippen LogP contribution in [0, 0.1) is 5.82 Å². The van der Waals surface area contributed by atoms with Crippen molar-refractivity contribution in [2.75, 3.05) is 26.2 Å². The molecule has 0 aromatic heterocycles. The van der Waals surface area contributed by atoms with Gasteiger partial charge >= 0.3 is 0 Å². The smallest absolute Gasteiger partial charge is 0.247 e. The standard InChI is InChI=1S/C32H43FN4O4/c1-4-35-28(38)13-10-23-19-32(26-18-24(33)11-12-25(23)26)14-16-37(17-15-32)29(39)27(36-30(40)31(2,3)34)21-41-20-22-8-6-5-7-9-22/h5-9,11-12,18,23,27H,4,10,13-17,19-21,34H2,1-3H3,(H,35,38)(H,36,40). The van der Waals surface area contributed by atoms with E-state index in [2.05, 4.69) is 10.6 Å². The number of halogens is 1. The summed E-state index contributed by atoms with van der Waals surface area (Å²) in [6.07, 6.45) is 3.32. The number of carbonyl (C=O) groups excluding carboxylic acids is 3. The van der Waals surface area contributed by atoms with Gasteiger partial charge in [0.15, 0.2) is 0 Å². The highest BCUT2D eigenvalue weighted by atomic mass is 19.1. The van der Waals surface area contributed by atoms with Gasteiger partial charge in [0.05, 0.1) is 18.8 Å². The van der Waals surface area contributed by atoms with E-state index >= 15 is 0 Å². The molecule has 1 saturated heterocycles. The zero-order valence-electron chi connectivity index (χ0n) is 24.4. The number of ether oxygens (including phenoxy) is 1. The average Bonchev–Trinajstić information content (AvgIpc) is 3.23. The molecule has 0 bridgehead atoms. The van der Waals surface area contributed by atoms with Crippen LogP contribution in [0.3, 0.4) is 0 Å². The first-order valence-corrected chi connectivity index (χ1v) is 14.6. The summed E-state index contributed by atoms with van der Waals surface area (Å²) in [4.78, 5) is 40.3. The molecule has 2 aliphatic rings. The largest absolute Gasteiger partial charge is 0.374 e. The van der Waals surface area contributed by atoms with Gasteiger partial charge in [-0.1, -0.05) is 36.4 Å². The molecule has 8 nitrogen and oxygen atoms in total. The zero-order chi connectivity index (χ0) is 29.6. The number of piperidine rings is 1. The highest BCUT2D eigenvalue weighted by molar-refractivity contribution is 5.91. The molecule has 4 rings (SSSR count). The van der Waals surface area contributed by atoms with Crippen LogP contribution in [0.15, 0.2) is 48.5 Å². The molecule has 1 fully saturated rings. The average molecular weight is 567 g/mol. The Morgan fingerprint density at radius 2 is 1.85 bits per heavy atom. The number of likely N-dealkylation sites (tertiary alicyclic amines) is 1. The molecule has 2 aromatic rings. The quantitative estimate of drug-likeness (QED) is 0.385. The van der Waals surface area contributed by atoms with E-state index in [4.69, 9.17) is 10.5 Å². The van der Waals surface area contributed by atoms with E-state index in [0.29, 0.717) is 51.9 Å². The number of carbonyl (C=O) groups is 3. The Kier molecular flexibility index (Phi) is 9.81. The third kappa shape index (κ3) is 7.51. The van der Waals surface area contributed by atoms with Gasteiger partial charge in [-0.3, -0.25) is 14.4 Å². The number of nitrogens with two attached hydrogens (primary N) is 1. The molecule has 3 amide bonds. The van der Waals surface area contributed by atoms with E-state index < -0.39 is 17.5 Å². The van der Waals surface area contributed by atoms with E-state index in [0.717, 1.165) is 23.1 Å². The van der Waals surface area contributed by atoms with Crippen molar-refractivity contribution in [1.82, 2.24) is 15.5 Å². The molecule has 9 heteroatoms. The number of hydrogen-bond donors (Lipinski definition) is 3. The number of benzene rings is 2. The summed E-state index contributed by atoms with van der Waals surface area (Å²) in [6, 6.07) is 13.8. The minimum Gasteiger partial charge on any atom is -0.374 e. The van der Waals surface area contributed by atoms with Crippen LogP contribution in [0.4, 0.5) is 4.39 Å². The Hall–Kier alpha value is -3.30. The highest BCUT2D eigenvalue weighted by Crippen LogP contribution is 2.53. The molecule has 41 heavy (non-hydrogen) atoms. The van der Waals surface area contributed by atoms with Crippen molar-refractivity contribution in [3.8, 4) is 0 Å². The lowest BCUT2D eigenvalue weighted by Crippen LogP contribution is -2.59. The summed E-state index contributed by atoms with van der Waals surface area (Å²) >= 11 is 0. The maximum atomic E-state index is 14.4. The van der Waals surface area contributed by atoms with Crippen molar-refractivity contribution < 1.29 is 23.5 Å². The highest BCUT2D eigenvalue weighted by Gasteiger charge is 2.46. The molecule has 4 N–H and O–H groups in total. The van der Waals surface area contributed by atoms with Crippen molar-refractivity contribution in [2.45, 2.75) is 82.4 Å². The molecule has 2 atom stereocenters. The van der Waals surface area contributed by atoms with E-state index in [1.807, 2.05) is 43.3 Å². The molecular formula is C32H43FN4O4. The van der Waals surface area contributed by atoms with E-state index in [1.54, 1.807) is 24.8 Å². The number of fused-ring (bicyclic) bond motifs is 2. The summed E-state index contributed by atoms with van der Waals surface area (Å²) < 4.78 is 20.3. The van der Waals surface area contributed by atoms with E-state index in [9.17, 15) is 18.8 Å². The fraction of sp³-hybridized carbons (Fsp3) is 0.531. The van der Waals surface area contributed by atoms with Crippen LogP contribution in [0.2, 0.25) is 0 Å². The summed E-state index contributed by atoms with van der Waals surface area (Å²) in [5, 5.41) is 5.66.